The number of nitrogens with zero attached hydrogens (tertiary/aromatic N) is 3. The standard InChI is InChI=1S/C14H8F3N3O/c15-14(16,17)10-3-4-12-19-13(9-2-1-5-18-6-9)11(8-21)20(12)7-10/h1-8H. The molecule has 0 radical (unpaired) electrons. The predicted molar refractivity (Wildman–Crippen MR) is 68.8 cm³/mol. The lowest BCUT2D eigenvalue weighted by atomic mass is 10.2. The Balaban J connectivity index is 2.27. The van der Waals surface area contributed by atoms with Crippen LogP contribution in [-0.2, 0) is 6.18 Å². The summed E-state index contributed by atoms with van der Waals surface area (Å²) in [6.07, 6.45) is -0.0669. The molecule has 0 unspecified atom stereocenters. The van der Waals surface area contributed by atoms with Crippen LogP contribution < -0.4 is 0 Å². The topological polar surface area (TPSA) is 47.3 Å². The fourth-order valence-corrected chi connectivity index (χ4v) is 2.06. The van der Waals surface area contributed by atoms with Crippen LogP contribution in [0.15, 0.2) is 42.9 Å². The van der Waals surface area contributed by atoms with Crippen LogP contribution in [-0.4, -0.2) is 20.7 Å². The van der Waals surface area contributed by atoms with Crippen molar-refractivity contribution < 1.29 is 18.0 Å². The monoisotopic (exact) mass is 291 g/mol. The second-order valence-electron chi connectivity index (χ2n) is 4.35. The van der Waals surface area contributed by atoms with E-state index in [4.69, 9.17) is 0 Å². The number of carbonyl (C=O) groups excluding carboxylic acids is 1. The van der Waals surface area contributed by atoms with Crippen molar-refractivity contribution in [3.8, 4) is 11.3 Å². The third kappa shape index (κ3) is 2.26. The number of hydrogen-bond acceptors (Lipinski definition) is 3. The van der Waals surface area contributed by atoms with Crippen molar-refractivity contribution in [2.24, 2.45) is 0 Å². The average Bonchev–Trinajstić information content (AvgIpc) is 2.84. The van der Waals surface area contributed by atoms with Crippen molar-refractivity contribution in [3.63, 3.8) is 0 Å². The number of pyridine rings is 2. The zero-order valence-corrected chi connectivity index (χ0v) is 10.5. The lowest BCUT2D eigenvalue weighted by molar-refractivity contribution is -0.137. The minimum Gasteiger partial charge on any atom is -0.296 e. The van der Waals surface area contributed by atoms with E-state index in [1.165, 1.54) is 12.3 Å². The molecule has 0 N–H and O–H groups in total. The van der Waals surface area contributed by atoms with Gasteiger partial charge in [0.2, 0.25) is 0 Å². The number of alkyl halides is 3. The van der Waals surface area contributed by atoms with Crippen LogP contribution in [0.25, 0.3) is 16.9 Å². The summed E-state index contributed by atoms with van der Waals surface area (Å²) in [4.78, 5) is 19.4. The van der Waals surface area contributed by atoms with Crippen molar-refractivity contribution in [2.45, 2.75) is 6.18 Å². The first-order chi connectivity index (χ1) is 10.0. The van der Waals surface area contributed by atoms with Crippen LogP contribution in [0, 0.1) is 0 Å². The normalized spacial score (nSPS) is 11.8. The van der Waals surface area contributed by atoms with E-state index in [1.54, 1.807) is 18.3 Å². The van der Waals surface area contributed by atoms with E-state index in [-0.39, 0.29) is 11.3 Å². The molecule has 3 aromatic rings. The van der Waals surface area contributed by atoms with Crippen LogP contribution in [0.2, 0.25) is 0 Å². The van der Waals surface area contributed by atoms with Gasteiger partial charge in [0.25, 0.3) is 0 Å². The van der Waals surface area contributed by atoms with Crippen molar-refractivity contribution in [2.75, 3.05) is 0 Å². The quantitative estimate of drug-likeness (QED) is 0.681. The molecule has 106 valence electrons. The maximum absolute atomic E-state index is 12.7. The number of carbonyl (C=O) groups is 1. The molecule has 0 aliphatic rings. The highest BCUT2D eigenvalue weighted by Crippen LogP contribution is 2.30. The van der Waals surface area contributed by atoms with Crippen LogP contribution >= 0.6 is 0 Å². The summed E-state index contributed by atoms with van der Waals surface area (Å²) in [6, 6.07) is 5.52. The molecule has 7 heteroatoms. The molecular formula is C14H8F3N3O. The molecule has 3 aromatic heterocycles. The van der Waals surface area contributed by atoms with Crippen molar-refractivity contribution >= 4 is 11.9 Å². The molecule has 0 amide bonds. The lowest BCUT2D eigenvalue weighted by Gasteiger charge is -2.06. The second kappa shape index (κ2) is 4.69. The predicted octanol–water partition coefficient (Wildman–Crippen LogP) is 3.23. The number of aromatic nitrogens is 3. The molecule has 0 spiro atoms. The molecule has 4 nitrogen and oxygen atoms in total. The highest BCUT2D eigenvalue weighted by molar-refractivity contribution is 5.86. The van der Waals surface area contributed by atoms with Crippen LogP contribution in [0.3, 0.4) is 0 Å². The van der Waals surface area contributed by atoms with E-state index in [2.05, 4.69) is 9.97 Å². The minimum absolute atomic E-state index is 0.0594. The number of hydrogen-bond donors (Lipinski definition) is 0. The third-order valence-corrected chi connectivity index (χ3v) is 3.03. The van der Waals surface area contributed by atoms with E-state index < -0.39 is 11.7 Å². The Morgan fingerprint density at radius 1 is 1.19 bits per heavy atom. The van der Waals surface area contributed by atoms with Crippen molar-refractivity contribution in [1.82, 2.24) is 14.4 Å². The Morgan fingerprint density at radius 2 is 2.00 bits per heavy atom. The lowest BCUT2D eigenvalue weighted by Crippen LogP contribution is -2.06. The molecule has 0 saturated heterocycles. The van der Waals surface area contributed by atoms with Gasteiger partial charge >= 0.3 is 6.18 Å². The van der Waals surface area contributed by atoms with Gasteiger partial charge in [-0.15, -0.1) is 0 Å². The molecule has 0 aliphatic carbocycles. The summed E-state index contributed by atoms with van der Waals surface area (Å²) in [5.74, 6) is 0. The largest absolute Gasteiger partial charge is 0.417 e. The van der Waals surface area contributed by atoms with Crippen LogP contribution in [0.1, 0.15) is 16.1 Å². The third-order valence-electron chi connectivity index (χ3n) is 3.03. The average molecular weight is 291 g/mol. The molecule has 21 heavy (non-hydrogen) atoms. The Morgan fingerprint density at radius 3 is 2.62 bits per heavy atom. The van der Waals surface area contributed by atoms with Crippen molar-refractivity contribution in [1.29, 1.82) is 0 Å². The number of rotatable bonds is 2. The first-order valence-electron chi connectivity index (χ1n) is 5.95. The van der Waals surface area contributed by atoms with Gasteiger partial charge in [0.05, 0.1) is 5.56 Å². The maximum atomic E-state index is 12.7. The van der Waals surface area contributed by atoms with Gasteiger partial charge in [-0.3, -0.25) is 14.2 Å². The highest BCUT2D eigenvalue weighted by Gasteiger charge is 2.31. The molecule has 3 heterocycles. The van der Waals surface area contributed by atoms with E-state index in [1.807, 2.05) is 0 Å². The van der Waals surface area contributed by atoms with E-state index in [0.717, 1.165) is 16.7 Å². The summed E-state index contributed by atoms with van der Waals surface area (Å²) in [7, 11) is 0. The maximum Gasteiger partial charge on any atom is 0.417 e. The molecule has 0 bridgehead atoms. The Bertz CT molecular complexity index is 809. The summed E-state index contributed by atoms with van der Waals surface area (Å²) < 4.78 is 39.4. The second-order valence-corrected chi connectivity index (χ2v) is 4.35. The Kier molecular flexibility index (Phi) is 2.97. The van der Waals surface area contributed by atoms with Gasteiger partial charge in [-0.1, -0.05) is 0 Å². The van der Waals surface area contributed by atoms with Gasteiger partial charge in [0.1, 0.15) is 17.0 Å². The fraction of sp³-hybridized carbons (Fsp3) is 0.0714. The molecule has 0 fully saturated rings. The van der Waals surface area contributed by atoms with Gasteiger partial charge in [-0.25, -0.2) is 4.98 Å². The number of fused-ring (bicyclic) bond motifs is 1. The van der Waals surface area contributed by atoms with Gasteiger partial charge in [-0.2, -0.15) is 13.2 Å². The van der Waals surface area contributed by atoms with Gasteiger partial charge in [0, 0.05) is 24.2 Å². The molecule has 3 rings (SSSR count). The number of aldehydes is 1. The first-order valence-corrected chi connectivity index (χ1v) is 5.95. The Labute approximate surface area is 116 Å². The SMILES string of the molecule is O=Cc1c(-c2cccnc2)nc2ccc(C(F)(F)F)cn12. The molecule has 0 atom stereocenters. The van der Waals surface area contributed by atoms with Gasteiger partial charge in [-0.05, 0) is 24.3 Å². The summed E-state index contributed by atoms with van der Waals surface area (Å²) >= 11 is 0. The number of imidazole rings is 1. The van der Waals surface area contributed by atoms with E-state index in [0.29, 0.717) is 17.5 Å². The first kappa shape index (κ1) is 13.3. The van der Waals surface area contributed by atoms with E-state index in [9.17, 15) is 18.0 Å². The summed E-state index contributed by atoms with van der Waals surface area (Å²) in [5, 5.41) is 0. The smallest absolute Gasteiger partial charge is 0.296 e. The zero-order chi connectivity index (χ0) is 15.0. The van der Waals surface area contributed by atoms with Crippen molar-refractivity contribution in [3.05, 3.63) is 54.1 Å². The van der Waals surface area contributed by atoms with Gasteiger partial charge < -0.3 is 0 Å². The Hall–Kier alpha value is -2.70. The zero-order valence-electron chi connectivity index (χ0n) is 10.5. The van der Waals surface area contributed by atoms with Crippen LogP contribution in [0.4, 0.5) is 13.2 Å². The summed E-state index contributed by atoms with van der Waals surface area (Å²) in [5.41, 5.74) is 0.357. The molecule has 0 aromatic carbocycles. The number of halogens is 3. The molecular weight excluding hydrogens is 283 g/mol. The minimum atomic E-state index is -4.48. The highest BCUT2D eigenvalue weighted by atomic mass is 19.4. The fourth-order valence-electron chi connectivity index (χ4n) is 2.06. The van der Waals surface area contributed by atoms with Gasteiger partial charge in [0.15, 0.2) is 6.29 Å². The summed E-state index contributed by atoms with van der Waals surface area (Å²) in [6.45, 7) is 0. The van der Waals surface area contributed by atoms with Crippen LogP contribution in [0.5, 0.6) is 0 Å². The molecule has 0 aliphatic heterocycles. The van der Waals surface area contributed by atoms with E-state index >= 15 is 0 Å². The molecule has 0 saturated carbocycles.